The molecule has 0 fully saturated rings. The third-order valence-corrected chi connectivity index (χ3v) is 4.01. The molecule has 0 unspecified atom stereocenters. The molecule has 2 rings (SSSR count). The van der Waals surface area contributed by atoms with Gasteiger partial charge in [-0.2, -0.15) is 0 Å². The average Bonchev–Trinajstić information content (AvgIpc) is 2.87. The van der Waals surface area contributed by atoms with Gasteiger partial charge in [-0.3, -0.25) is 0 Å². The van der Waals surface area contributed by atoms with Crippen molar-refractivity contribution in [1.29, 1.82) is 0 Å². The topological polar surface area (TPSA) is 125 Å². The van der Waals surface area contributed by atoms with Gasteiger partial charge in [-0.25, -0.2) is 13.6 Å². The third kappa shape index (κ3) is 5.01. The van der Waals surface area contributed by atoms with Crippen molar-refractivity contribution < 1.29 is 91.6 Å². The number of nitrogens with one attached hydrogen (secondary N) is 1. The first-order valence-electron chi connectivity index (χ1n) is 5.63. The maximum absolute atomic E-state index is 11.3. The zero-order valence-electron chi connectivity index (χ0n) is 11.5. The van der Waals surface area contributed by atoms with Gasteiger partial charge in [-0.15, -0.1) is 0 Å². The van der Waals surface area contributed by atoms with Gasteiger partial charge in [-0.05, 0) is 24.3 Å². The van der Waals surface area contributed by atoms with Crippen LogP contribution in [0.15, 0.2) is 39.8 Å². The van der Waals surface area contributed by atoms with Crippen molar-refractivity contribution in [2.24, 2.45) is 5.14 Å². The summed E-state index contributed by atoms with van der Waals surface area (Å²) in [4.78, 5) is 10.6. The molecule has 2 aromatic rings. The molecule has 0 atom stereocenters. The largest absolute Gasteiger partial charge is 1.00 e. The minimum Gasteiger partial charge on any atom is -0.545 e. The number of sulfonamides is 1. The molecule has 10 heteroatoms. The van der Waals surface area contributed by atoms with Crippen molar-refractivity contribution in [2.45, 2.75) is 11.4 Å². The molecule has 1 aromatic carbocycles. The quantitative estimate of drug-likeness (QED) is 0.509. The van der Waals surface area contributed by atoms with E-state index in [1.54, 1.807) is 12.1 Å². The summed E-state index contributed by atoms with van der Waals surface area (Å²) in [6, 6.07) is 5.38. The van der Waals surface area contributed by atoms with E-state index in [1.165, 1.54) is 6.26 Å². The molecule has 0 bridgehead atoms. The molecule has 0 radical (unpaired) electrons. The first kappa shape index (κ1) is 20.1. The van der Waals surface area contributed by atoms with E-state index in [1.807, 2.05) is 0 Å². The van der Waals surface area contributed by atoms with Gasteiger partial charge in [0.1, 0.15) is 10.7 Å². The van der Waals surface area contributed by atoms with Crippen molar-refractivity contribution in [1.82, 2.24) is 0 Å². The number of nitrogens with two attached hydrogens (primary N) is 1. The Labute approximate surface area is 190 Å². The first-order chi connectivity index (χ1) is 9.79. The average molecular weight is 463 g/mol. The number of anilines is 1. The Hall–Kier alpha value is 0.0219. The van der Waals surface area contributed by atoms with Crippen LogP contribution in [-0.4, -0.2) is 14.4 Å². The standard InChI is InChI=1S/C12H11ClN2O5S.Cs/c13-9-5-10(15-6-7-2-1-3-20-7)8(12(16)17)4-11(9)21(14,18)19;/h1-5,15H,6H2,(H,16,17)(H2,14,18,19);/q;+1/p-1. The second-order valence-electron chi connectivity index (χ2n) is 4.09. The van der Waals surface area contributed by atoms with Gasteiger partial charge in [0, 0.05) is 11.3 Å². The van der Waals surface area contributed by atoms with Crippen LogP contribution < -0.4 is 84.5 Å². The van der Waals surface area contributed by atoms with Crippen LogP contribution in [0.3, 0.4) is 0 Å². The number of rotatable bonds is 5. The summed E-state index contributed by atoms with van der Waals surface area (Å²) in [5.41, 5.74) is -0.265. The Bertz CT molecular complexity index is 777. The molecule has 0 aliphatic carbocycles. The molecular formula is C12H10ClCsN2O5S. The molecule has 3 N–H and O–H groups in total. The predicted octanol–water partition coefficient (Wildman–Crippen LogP) is -2.44. The van der Waals surface area contributed by atoms with Crippen molar-refractivity contribution in [2.75, 3.05) is 5.32 Å². The van der Waals surface area contributed by atoms with Crippen molar-refractivity contribution >= 4 is 33.3 Å². The molecule has 0 saturated heterocycles. The molecule has 0 saturated carbocycles. The maximum Gasteiger partial charge on any atom is 1.00 e. The fourth-order valence-electron chi connectivity index (χ4n) is 1.68. The van der Waals surface area contributed by atoms with Crippen LogP contribution in [0.1, 0.15) is 16.1 Å². The van der Waals surface area contributed by atoms with E-state index in [0.717, 1.165) is 12.1 Å². The zero-order valence-corrected chi connectivity index (χ0v) is 19.4. The molecule has 0 spiro atoms. The molecular weight excluding hydrogens is 453 g/mol. The van der Waals surface area contributed by atoms with Crippen molar-refractivity contribution in [3.63, 3.8) is 0 Å². The van der Waals surface area contributed by atoms with Gasteiger partial charge in [0.05, 0.1) is 23.8 Å². The van der Waals surface area contributed by atoms with E-state index < -0.39 is 20.9 Å². The maximum atomic E-state index is 11.3. The van der Waals surface area contributed by atoms with Crippen molar-refractivity contribution in [3.8, 4) is 0 Å². The van der Waals surface area contributed by atoms with E-state index in [2.05, 4.69) is 5.32 Å². The summed E-state index contributed by atoms with van der Waals surface area (Å²) >= 11 is 5.82. The number of halogens is 1. The van der Waals surface area contributed by atoms with Crippen LogP contribution >= 0.6 is 11.6 Å². The number of primary sulfonamides is 1. The second-order valence-corrected chi connectivity index (χ2v) is 6.03. The minimum absolute atomic E-state index is 0. The third-order valence-electron chi connectivity index (χ3n) is 2.63. The number of carboxylic acid groups (broad SMARTS) is 1. The Morgan fingerprint density at radius 1 is 1.41 bits per heavy atom. The van der Waals surface area contributed by atoms with Gasteiger partial charge in [0.25, 0.3) is 0 Å². The molecule has 22 heavy (non-hydrogen) atoms. The number of carbonyl (C=O) groups excluding carboxylic acids is 1. The number of aromatic carboxylic acids is 1. The smallest absolute Gasteiger partial charge is 0.545 e. The van der Waals surface area contributed by atoms with Crippen molar-refractivity contribution in [3.05, 3.63) is 46.9 Å². The summed E-state index contributed by atoms with van der Waals surface area (Å²) in [6.07, 6.45) is 1.47. The summed E-state index contributed by atoms with van der Waals surface area (Å²) in [5.74, 6) is -0.996. The number of benzene rings is 1. The predicted molar refractivity (Wildman–Crippen MR) is 73.2 cm³/mol. The number of hydrogen-bond donors (Lipinski definition) is 2. The number of carbonyl (C=O) groups is 1. The van der Waals surface area contributed by atoms with E-state index in [4.69, 9.17) is 21.2 Å². The van der Waals surface area contributed by atoms with Gasteiger partial charge < -0.3 is 19.6 Å². The van der Waals surface area contributed by atoms with Crippen LogP contribution in [0, 0.1) is 0 Å². The molecule has 0 amide bonds. The Morgan fingerprint density at radius 2 is 2.09 bits per heavy atom. The molecule has 1 heterocycles. The number of hydrogen-bond acceptors (Lipinski definition) is 6. The first-order valence-corrected chi connectivity index (χ1v) is 7.55. The van der Waals surface area contributed by atoms with Crippen LogP contribution in [0.2, 0.25) is 5.02 Å². The Morgan fingerprint density at radius 3 is 2.59 bits per heavy atom. The normalized spacial score (nSPS) is 10.8. The SMILES string of the molecule is NS(=O)(=O)c1cc(C(=O)[O-])c(NCc2ccco2)cc1Cl.[Cs+]. The summed E-state index contributed by atoms with van der Waals surface area (Å²) < 4.78 is 27.7. The Balaban J connectivity index is 0.00000242. The van der Waals surface area contributed by atoms with Crippen LogP contribution in [0.25, 0.3) is 0 Å². The van der Waals surface area contributed by atoms with Gasteiger partial charge in [0.15, 0.2) is 0 Å². The summed E-state index contributed by atoms with van der Waals surface area (Å²) in [6.45, 7) is 0.193. The fourth-order valence-corrected chi connectivity index (χ4v) is 2.78. The molecule has 7 nitrogen and oxygen atoms in total. The van der Waals surface area contributed by atoms with E-state index in [-0.39, 0.29) is 91.7 Å². The van der Waals surface area contributed by atoms with Gasteiger partial charge in [0.2, 0.25) is 10.0 Å². The Kier molecular flexibility index (Phi) is 7.50. The van der Waals surface area contributed by atoms with E-state index in [9.17, 15) is 18.3 Å². The zero-order chi connectivity index (χ0) is 15.6. The van der Waals surface area contributed by atoms with Gasteiger partial charge in [-0.1, -0.05) is 11.6 Å². The number of furan rings is 1. The summed E-state index contributed by atoms with van der Waals surface area (Å²) in [5, 5.41) is 18.7. The molecule has 0 aliphatic heterocycles. The number of carboxylic acids is 1. The monoisotopic (exact) mass is 462 g/mol. The van der Waals surface area contributed by atoms with E-state index in [0.29, 0.717) is 5.76 Å². The second kappa shape index (κ2) is 8.22. The summed E-state index contributed by atoms with van der Waals surface area (Å²) in [7, 11) is -4.13. The molecule has 1 aromatic heterocycles. The van der Waals surface area contributed by atoms with Gasteiger partial charge >= 0.3 is 68.9 Å². The van der Waals surface area contributed by atoms with Crippen LogP contribution in [0.5, 0.6) is 0 Å². The van der Waals surface area contributed by atoms with Crippen LogP contribution in [0.4, 0.5) is 5.69 Å². The van der Waals surface area contributed by atoms with E-state index >= 15 is 0 Å². The molecule has 112 valence electrons. The fraction of sp³-hybridized carbons (Fsp3) is 0.0833. The van der Waals surface area contributed by atoms with Crippen LogP contribution in [-0.2, 0) is 16.6 Å². The minimum atomic E-state index is -4.13. The molecule has 0 aliphatic rings.